The molecule has 182 valence electrons. The van der Waals surface area contributed by atoms with Gasteiger partial charge < -0.3 is 9.46 Å². The number of nitrogens with zero attached hydrogens (tertiary/aromatic N) is 1. The van der Waals surface area contributed by atoms with Crippen molar-refractivity contribution < 1.29 is 14.2 Å². The van der Waals surface area contributed by atoms with Gasteiger partial charge in [-0.1, -0.05) is 62.4 Å². The third kappa shape index (κ3) is 8.57. The number of hydrogen-bond donors (Lipinski definition) is 0. The number of likely N-dealkylation sites (tertiary alicyclic amines) is 1. The number of carbonyl (C=O) groups excluding carboxylic acids is 2. The number of hydrogen-bond acceptors (Lipinski definition) is 3. The predicted octanol–water partition coefficient (Wildman–Crippen LogP) is 5.61. The maximum absolute atomic E-state index is 13.1. The van der Waals surface area contributed by atoms with Crippen molar-refractivity contribution >= 4 is 45.8 Å². The summed E-state index contributed by atoms with van der Waals surface area (Å²) < 4.78 is 13.1. The van der Waals surface area contributed by atoms with Gasteiger partial charge in [-0.15, -0.1) is 0 Å². The summed E-state index contributed by atoms with van der Waals surface area (Å²) in [4.78, 5) is 27.1. The number of amides is 1. The topological polar surface area (TPSA) is 54.5 Å². The van der Waals surface area contributed by atoms with Crippen LogP contribution < -0.4 is 0 Å². The molecule has 1 saturated carbocycles. The van der Waals surface area contributed by atoms with Gasteiger partial charge in [0.1, 0.15) is 0 Å². The van der Waals surface area contributed by atoms with Crippen molar-refractivity contribution in [1.29, 1.82) is 0 Å². The Hall–Kier alpha value is -0.710. The van der Waals surface area contributed by atoms with Gasteiger partial charge in [0.05, 0.1) is 19.3 Å². The Labute approximate surface area is 208 Å². The molecule has 1 saturated heterocycles. The van der Waals surface area contributed by atoms with Crippen molar-refractivity contribution in [2.24, 2.45) is 11.8 Å². The molecule has 1 aliphatic heterocycles. The zero-order valence-corrected chi connectivity index (χ0v) is 22.6. The normalized spacial score (nSPS) is 23.0. The highest BCUT2D eigenvalue weighted by Gasteiger charge is 2.41. The standard InChI is InChI=1S/C25H38NO3P.2H2S/c1-20(27)24-17-23(22-14-7-4-8-15-22)18-26(24)25(28)19-30(2,29)16-10-9-13-21-11-5-3-6-12-21;;/h3,5-6,11-12,22-24H,4,7-10,13-19H2,1-2H3;2*1H2/t23-,24+,30?;;/m1../s1. The SMILES string of the molecule is CC(=O)[C@@H]1C[C@@H](C2CCCCC2)CN1C(=O)CP(C)(=O)CCCCc1ccccc1.S.S. The van der Waals surface area contributed by atoms with Crippen LogP contribution in [0.4, 0.5) is 0 Å². The van der Waals surface area contributed by atoms with Crippen molar-refractivity contribution in [3.63, 3.8) is 0 Å². The van der Waals surface area contributed by atoms with E-state index in [9.17, 15) is 14.2 Å². The second kappa shape index (κ2) is 13.9. The lowest BCUT2D eigenvalue weighted by molar-refractivity contribution is -0.134. The first-order valence-corrected chi connectivity index (χ1v) is 14.3. The fraction of sp³-hybridized carbons (Fsp3) is 0.680. The maximum Gasteiger partial charge on any atom is 0.230 e. The fourth-order valence-electron chi connectivity index (χ4n) is 5.35. The van der Waals surface area contributed by atoms with Gasteiger partial charge in [-0.2, -0.15) is 27.0 Å². The van der Waals surface area contributed by atoms with Gasteiger partial charge in [-0.3, -0.25) is 9.59 Å². The first-order chi connectivity index (χ1) is 14.4. The lowest BCUT2D eigenvalue weighted by Gasteiger charge is -2.27. The fourth-order valence-corrected chi connectivity index (χ4v) is 7.16. The van der Waals surface area contributed by atoms with Crippen LogP contribution in [0.25, 0.3) is 0 Å². The Balaban J connectivity index is 0.00000256. The minimum atomic E-state index is -2.53. The molecule has 0 aromatic heterocycles. The van der Waals surface area contributed by atoms with E-state index in [-0.39, 0.29) is 50.9 Å². The number of aryl methyl sites for hydroxylation is 1. The van der Waals surface area contributed by atoms with E-state index in [1.54, 1.807) is 18.5 Å². The summed E-state index contributed by atoms with van der Waals surface area (Å²) in [7, 11) is -2.53. The number of unbranched alkanes of at least 4 members (excludes halogenated alkanes) is 1. The number of ketones is 1. The highest BCUT2D eigenvalue weighted by molar-refractivity contribution is 7.64. The zero-order valence-electron chi connectivity index (χ0n) is 19.7. The van der Waals surface area contributed by atoms with Gasteiger partial charge in [0, 0.05) is 12.7 Å². The molecule has 1 amide bonds. The molecular weight excluding hydrogens is 457 g/mol. The van der Waals surface area contributed by atoms with E-state index < -0.39 is 7.14 Å². The molecule has 32 heavy (non-hydrogen) atoms. The number of benzene rings is 1. The monoisotopic (exact) mass is 499 g/mol. The lowest BCUT2D eigenvalue weighted by Crippen LogP contribution is -2.41. The van der Waals surface area contributed by atoms with Gasteiger partial charge in [0.2, 0.25) is 5.91 Å². The maximum atomic E-state index is 13.1. The molecule has 2 fully saturated rings. The van der Waals surface area contributed by atoms with E-state index >= 15 is 0 Å². The van der Waals surface area contributed by atoms with Crippen LogP contribution in [0.1, 0.15) is 63.9 Å². The van der Waals surface area contributed by atoms with Gasteiger partial charge in [-0.05, 0) is 56.7 Å². The van der Waals surface area contributed by atoms with E-state index in [1.807, 2.05) is 18.2 Å². The zero-order chi connectivity index (χ0) is 21.6. The number of carbonyl (C=O) groups is 2. The predicted molar refractivity (Wildman–Crippen MR) is 144 cm³/mol. The van der Waals surface area contributed by atoms with Crippen LogP contribution in [-0.2, 0) is 20.6 Å². The molecule has 1 unspecified atom stereocenters. The van der Waals surface area contributed by atoms with Crippen LogP contribution in [-0.4, -0.2) is 48.2 Å². The Morgan fingerprint density at radius 3 is 2.28 bits per heavy atom. The molecule has 1 aromatic carbocycles. The summed E-state index contributed by atoms with van der Waals surface area (Å²) in [5.74, 6) is 1.09. The molecule has 0 radical (unpaired) electrons. The van der Waals surface area contributed by atoms with Crippen LogP contribution in [0.3, 0.4) is 0 Å². The second-order valence-electron chi connectivity index (χ2n) is 9.69. The molecule has 0 bridgehead atoms. The van der Waals surface area contributed by atoms with Gasteiger partial charge in [-0.25, -0.2) is 0 Å². The van der Waals surface area contributed by atoms with Crippen molar-refractivity contribution in [2.75, 3.05) is 25.5 Å². The Morgan fingerprint density at radius 1 is 1.00 bits per heavy atom. The number of rotatable bonds is 9. The summed E-state index contributed by atoms with van der Waals surface area (Å²) in [6, 6.07) is 10.0. The molecule has 4 nitrogen and oxygen atoms in total. The minimum absolute atomic E-state index is 0. The molecule has 0 N–H and O–H groups in total. The van der Waals surface area contributed by atoms with Crippen LogP contribution in [0.5, 0.6) is 0 Å². The second-order valence-corrected chi connectivity index (χ2v) is 13.0. The largest absolute Gasteiger partial charge is 0.332 e. The summed E-state index contributed by atoms with van der Waals surface area (Å²) in [6.45, 7) is 4.05. The first-order valence-electron chi connectivity index (χ1n) is 11.7. The summed E-state index contributed by atoms with van der Waals surface area (Å²) >= 11 is 0. The first kappa shape index (κ1) is 29.3. The van der Waals surface area contributed by atoms with Gasteiger partial charge in [0.15, 0.2) is 5.78 Å². The molecular formula is C25H42NO3PS2. The molecule has 2 aliphatic rings. The van der Waals surface area contributed by atoms with Crippen LogP contribution in [0.2, 0.25) is 0 Å². The molecule has 3 rings (SSSR count). The molecule has 3 atom stereocenters. The Bertz CT molecular complexity index is 768. The summed E-state index contributed by atoms with van der Waals surface area (Å²) in [5, 5.41) is 0. The third-order valence-electron chi connectivity index (χ3n) is 7.10. The molecule has 1 aliphatic carbocycles. The average Bonchev–Trinajstić information content (AvgIpc) is 3.19. The van der Waals surface area contributed by atoms with Crippen molar-refractivity contribution in [3.8, 4) is 0 Å². The summed E-state index contributed by atoms with van der Waals surface area (Å²) in [5.41, 5.74) is 1.30. The van der Waals surface area contributed by atoms with E-state index in [0.29, 0.717) is 24.5 Å². The average molecular weight is 500 g/mol. The quantitative estimate of drug-likeness (QED) is 0.328. The van der Waals surface area contributed by atoms with Gasteiger partial charge in [0.25, 0.3) is 0 Å². The highest BCUT2D eigenvalue weighted by atomic mass is 32.1. The molecule has 0 spiro atoms. The third-order valence-corrected chi connectivity index (χ3v) is 9.30. The van der Waals surface area contributed by atoms with E-state index in [2.05, 4.69) is 12.1 Å². The lowest BCUT2D eigenvalue weighted by atomic mass is 9.79. The van der Waals surface area contributed by atoms with Gasteiger partial charge >= 0.3 is 0 Å². The van der Waals surface area contributed by atoms with Crippen LogP contribution in [0.15, 0.2) is 30.3 Å². The van der Waals surface area contributed by atoms with Crippen molar-refractivity contribution in [2.45, 2.75) is 70.8 Å². The smallest absolute Gasteiger partial charge is 0.230 e. The Morgan fingerprint density at radius 2 is 1.66 bits per heavy atom. The molecule has 1 heterocycles. The number of Topliss-reactive ketones (excluding diaryl/α,β-unsaturated/α-hetero) is 1. The van der Waals surface area contributed by atoms with Crippen molar-refractivity contribution in [3.05, 3.63) is 35.9 Å². The van der Waals surface area contributed by atoms with Crippen molar-refractivity contribution in [1.82, 2.24) is 4.90 Å². The summed E-state index contributed by atoms with van der Waals surface area (Å²) in [6.07, 6.45) is 10.7. The van der Waals surface area contributed by atoms with E-state index in [0.717, 1.165) is 25.7 Å². The Kier molecular flexibility index (Phi) is 12.7. The highest BCUT2D eigenvalue weighted by Crippen LogP contribution is 2.44. The minimum Gasteiger partial charge on any atom is -0.332 e. The van der Waals surface area contributed by atoms with Crippen LogP contribution >= 0.6 is 34.1 Å². The molecule has 1 aromatic rings. The van der Waals surface area contributed by atoms with E-state index in [4.69, 9.17) is 0 Å². The molecule has 7 heteroatoms. The van der Waals surface area contributed by atoms with E-state index in [1.165, 1.54) is 37.7 Å². The van der Waals surface area contributed by atoms with Crippen LogP contribution in [0, 0.1) is 11.8 Å².